The van der Waals surface area contributed by atoms with Gasteiger partial charge in [0.25, 0.3) is 5.91 Å². The maximum absolute atomic E-state index is 12.9. The van der Waals surface area contributed by atoms with Crippen molar-refractivity contribution in [1.29, 1.82) is 0 Å². The Morgan fingerprint density at radius 3 is 2.64 bits per heavy atom. The highest BCUT2D eigenvalue weighted by Gasteiger charge is 2.24. The molecule has 0 unspecified atom stereocenters. The maximum Gasteiger partial charge on any atom is 0.287 e. The lowest BCUT2D eigenvalue weighted by Gasteiger charge is -2.16. The van der Waals surface area contributed by atoms with Crippen molar-refractivity contribution in [2.75, 3.05) is 5.32 Å². The van der Waals surface area contributed by atoms with Gasteiger partial charge in [-0.15, -0.1) is 11.3 Å². The summed E-state index contributed by atoms with van der Waals surface area (Å²) in [6, 6.07) is 19.2. The molecule has 0 aliphatic rings. The van der Waals surface area contributed by atoms with Crippen molar-refractivity contribution in [1.82, 2.24) is 0 Å². The number of thiophene rings is 1. The molecular weight excluding hydrogens is 352 g/mol. The van der Waals surface area contributed by atoms with Gasteiger partial charge in [0.15, 0.2) is 6.04 Å². The van der Waals surface area contributed by atoms with Gasteiger partial charge in [-0.2, -0.15) is 0 Å². The standard InChI is InChI=1S/C20H19ClN2OS/c1-14-9-10-16(12-18(14)21)23-20(24)19(15-6-3-2-4-7-15)22-13-17-8-5-11-25-17/h2-12,19,22H,13H2,1H3,(H,23,24)/p+1/t19-/m0/s1. The lowest BCUT2D eigenvalue weighted by molar-refractivity contribution is -0.697. The first-order valence-electron chi connectivity index (χ1n) is 8.11. The van der Waals surface area contributed by atoms with E-state index in [1.165, 1.54) is 4.88 Å². The molecule has 0 radical (unpaired) electrons. The van der Waals surface area contributed by atoms with E-state index < -0.39 is 0 Å². The summed E-state index contributed by atoms with van der Waals surface area (Å²) in [5.74, 6) is -0.0531. The van der Waals surface area contributed by atoms with Crippen LogP contribution in [-0.2, 0) is 11.3 Å². The maximum atomic E-state index is 12.9. The van der Waals surface area contributed by atoms with Gasteiger partial charge in [-0.05, 0) is 36.1 Å². The first-order chi connectivity index (χ1) is 12.1. The average molecular weight is 372 g/mol. The Hall–Kier alpha value is -2.14. The number of carbonyl (C=O) groups is 1. The molecule has 3 N–H and O–H groups in total. The fourth-order valence-electron chi connectivity index (χ4n) is 2.61. The number of aryl methyl sites for hydroxylation is 1. The second-order valence-corrected chi connectivity index (χ2v) is 7.30. The molecular formula is C20H20ClN2OS+. The van der Waals surface area contributed by atoms with Crippen molar-refractivity contribution in [2.45, 2.75) is 19.5 Å². The molecule has 0 aliphatic heterocycles. The molecule has 1 atom stereocenters. The Bertz CT molecular complexity index is 834. The molecule has 128 valence electrons. The molecule has 1 aromatic heterocycles. The molecule has 2 aromatic carbocycles. The lowest BCUT2D eigenvalue weighted by Crippen LogP contribution is -2.85. The molecule has 1 heterocycles. The van der Waals surface area contributed by atoms with E-state index in [0.29, 0.717) is 10.7 Å². The Morgan fingerprint density at radius 1 is 1.16 bits per heavy atom. The molecule has 0 saturated heterocycles. The third kappa shape index (κ3) is 4.69. The van der Waals surface area contributed by atoms with Gasteiger partial charge < -0.3 is 10.6 Å². The van der Waals surface area contributed by atoms with Gasteiger partial charge in [0, 0.05) is 16.3 Å². The topological polar surface area (TPSA) is 45.7 Å². The largest absolute Gasteiger partial charge is 0.328 e. The molecule has 0 fully saturated rings. The number of carbonyl (C=O) groups excluding carboxylic acids is 1. The highest BCUT2D eigenvalue weighted by Crippen LogP contribution is 2.21. The molecule has 1 amide bonds. The number of benzene rings is 2. The number of amides is 1. The number of nitrogens with two attached hydrogens (primary N) is 1. The summed E-state index contributed by atoms with van der Waals surface area (Å²) in [6.45, 7) is 2.70. The van der Waals surface area contributed by atoms with Crippen LogP contribution in [0, 0.1) is 6.92 Å². The number of hydrogen-bond acceptors (Lipinski definition) is 2. The van der Waals surface area contributed by atoms with Crippen LogP contribution in [0.15, 0.2) is 66.0 Å². The van der Waals surface area contributed by atoms with Crippen LogP contribution < -0.4 is 10.6 Å². The van der Waals surface area contributed by atoms with Crippen LogP contribution in [0.3, 0.4) is 0 Å². The third-order valence-corrected chi connectivity index (χ3v) is 5.32. The van der Waals surface area contributed by atoms with Gasteiger partial charge in [-0.25, -0.2) is 0 Å². The van der Waals surface area contributed by atoms with E-state index in [9.17, 15) is 4.79 Å². The zero-order chi connectivity index (χ0) is 17.6. The van der Waals surface area contributed by atoms with Crippen molar-refractivity contribution in [3.8, 4) is 0 Å². The molecule has 0 spiro atoms. The monoisotopic (exact) mass is 371 g/mol. The van der Waals surface area contributed by atoms with Crippen LogP contribution in [0.25, 0.3) is 0 Å². The fourth-order valence-corrected chi connectivity index (χ4v) is 3.47. The predicted octanol–water partition coefficient (Wildman–Crippen LogP) is 4.15. The smallest absolute Gasteiger partial charge is 0.287 e. The highest BCUT2D eigenvalue weighted by molar-refractivity contribution is 7.09. The lowest BCUT2D eigenvalue weighted by atomic mass is 10.1. The number of hydrogen-bond donors (Lipinski definition) is 2. The van der Waals surface area contributed by atoms with Crippen LogP contribution in [0.5, 0.6) is 0 Å². The summed E-state index contributed by atoms with van der Waals surface area (Å²) in [4.78, 5) is 14.1. The van der Waals surface area contributed by atoms with Gasteiger partial charge >= 0.3 is 0 Å². The minimum Gasteiger partial charge on any atom is -0.328 e. The molecule has 3 rings (SSSR count). The van der Waals surface area contributed by atoms with Crippen molar-refractivity contribution in [3.05, 3.63) is 87.1 Å². The van der Waals surface area contributed by atoms with E-state index in [1.54, 1.807) is 17.4 Å². The van der Waals surface area contributed by atoms with E-state index in [2.05, 4.69) is 22.1 Å². The molecule has 3 aromatic rings. The Balaban J connectivity index is 1.77. The van der Waals surface area contributed by atoms with E-state index in [0.717, 1.165) is 17.7 Å². The minimum absolute atomic E-state index is 0.0531. The quantitative estimate of drug-likeness (QED) is 0.671. The molecule has 25 heavy (non-hydrogen) atoms. The number of nitrogens with one attached hydrogen (secondary N) is 1. The minimum atomic E-state index is -0.316. The van der Waals surface area contributed by atoms with Crippen LogP contribution in [0.1, 0.15) is 22.0 Å². The summed E-state index contributed by atoms with van der Waals surface area (Å²) in [6.07, 6.45) is 0. The normalized spacial score (nSPS) is 11.9. The van der Waals surface area contributed by atoms with E-state index >= 15 is 0 Å². The van der Waals surface area contributed by atoms with Crippen LogP contribution in [0.2, 0.25) is 5.02 Å². The van der Waals surface area contributed by atoms with Gasteiger partial charge in [0.1, 0.15) is 6.54 Å². The average Bonchev–Trinajstić information content (AvgIpc) is 3.13. The predicted molar refractivity (Wildman–Crippen MR) is 104 cm³/mol. The second kappa shape index (κ2) is 8.30. The Morgan fingerprint density at radius 2 is 1.96 bits per heavy atom. The summed E-state index contributed by atoms with van der Waals surface area (Å²) >= 11 is 7.86. The third-order valence-electron chi connectivity index (χ3n) is 4.02. The van der Waals surface area contributed by atoms with E-state index in [4.69, 9.17) is 11.6 Å². The molecule has 5 heteroatoms. The van der Waals surface area contributed by atoms with Crippen molar-refractivity contribution >= 4 is 34.5 Å². The van der Waals surface area contributed by atoms with Crippen LogP contribution in [-0.4, -0.2) is 5.91 Å². The molecule has 3 nitrogen and oxygen atoms in total. The van der Waals surface area contributed by atoms with E-state index in [-0.39, 0.29) is 11.9 Å². The summed E-state index contributed by atoms with van der Waals surface area (Å²) in [5, 5.41) is 7.75. The second-order valence-electron chi connectivity index (χ2n) is 5.86. The zero-order valence-electron chi connectivity index (χ0n) is 13.9. The number of quaternary nitrogens is 1. The summed E-state index contributed by atoms with van der Waals surface area (Å²) in [5.41, 5.74) is 2.68. The molecule has 0 aliphatic carbocycles. The molecule has 0 bridgehead atoms. The zero-order valence-corrected chi connectivity index (χ0v) is 15.5. The first-order valence-corrected chi connectivity index (χ1v) is 9.37. The SMILES string of the molecule is Cc1ccc(NC(=O)[C@@H]([NH2+]Cc2cccs2)c2ccccc2)cc1Cl. The number of anilines is 1. The summed E-state index contributed by atoms with van der Waals surface area (Å²) in [7, 11) is 0. The number of rotatable bonds is 6. The first kappa shape index (κ1) is 17.7. The van der Waals surface area contributed by atoms with E-state index in [1.807, 2.05) is 55.5 Å². The summed E-state index contributed by atoms with van der Waals surface area (Å²) < 4.78 is 0. The van der Waals surface area contributed by atoms with Crippen molar-refractivity contribution in [2.24, 2.45) is 0 Å². The van der Waals surface area contributed by atoms with Crippen molar-refractivity contribution < 1.29 is 10.1 Å². The Kier molecular flexibility index (Phi) is 5.87. The number of halogens is 1. The van der Waals surface area contributed by atoms with Gasteiger partial charge in [0.2, 0.25) is 0 Å². The van der Waals surface area contributed by atoms with Crippen molar-refractivity contribution in [3.63, 3.8) is 0 Å². The van der Waals surface area contributed by atoms with Gasteiger partial charge in [0.05, 0.1) is 4.88 Å². The van der Waals surface area contributed by atoms with Crippen LogP contribution >= 0.6 is 22.9 Å². The Labute approximate surface area is 156 Å². The fraction of sp³-hybridized carbons (Fsp3) is 0.150. The van der Waals surface area contributed by atoms with Gasteiger partial charge in [-0.1, -0.05) is 54.1 Å². The highest BCUT2D eigenvalue weighted by atomic mass is 35.5. The van der Waals surface area contributed by atoms with Gasteiger partial charge in [-0.3, -0.25) is 4.79 Å². The molecule has 0 saturated carbocycles. The van der Waals surface area contributed by atoms with Crippen LogP contribution in [0.4, 0.5) is 5.69 Å².